The lowest BCUT2D eigenvalue weighted by Crippen LogP contribution is -2.04. The van der Waals surface area contributed by atoms with Crippen molar-refractivity contribution in [3.8, 4) is 0 Å². The molecular formula is C21H28N2. The Morgan fingerprint density at radius 1 is 1.22 bits per heavy atom. The Balaban J connectivity index is 1.44. The van der Waals surface area contributed by atoms with Gasteiger partial charge >= 0.3 is 0 Å². The number of fused-ring (bicyclic) bond motifs is 2. The summed E-state index contributed by atoms with van der Waals surface area (Å²) in [6, 6.07) is 9.20. The number of aryl methyl sites for hydroxylation is 1. The lowest BCUT2D eigenvalue weighted by molar-refractivity contribution is 0.373. The quantitative estimate of drug-likeness (QED) is 0.839. The zero-order valence-corrected chi connectivity index (χ0v) is 14.4. The molecule has 1 aromatic carbocycles. The molecule has 4 rings (SSSR count). The van der Waals surface area contributed by atoms with Gasteiger partial charge in [-0.1, -0.05) is 32.4 Å². The predicted molar refractivity (Wildman–Crippen MR) is 97.9 cm³/mol. The van der Waals surface area contributed by atoms with Gasteiger partial charge in [0.1, 0.15) is 5.82 Å². The highest BCUT2D eigenvalue weighted by Crippen LogP contribution is 2.38. The smallest absolute Gasteiger partial charge is 0.129 e. The van der Waals surface area contributed by atoms with E-state index >= 15 is 0 Å². The number of anilines is 1. The molecule has 0 bridgehead atoms. The van der Waals surface area contributed by atoms with Gasteiger partial charge in [-0.2, -0.15) is 0 Å². The van der Waals surface area contributed by atoms with Crippen LogP contribution >= 0.6 is 0 Å². The maximum Gasteiger partial charge on any atom is 0.129 e. The third kappa shape index (κ3) is 3.08. The Morgan fingerprint density at radius 2 is 2.13 bits per heavy atom. The van der Waals surface area contributed by atoms with Crippen LogP contribution in [-0.4, -0.2) is 11.5 Å². The van der Waals surface area contributed by atoms with Crippen molar-refractivity contribution in [2.45, 2.75) is 52.4 Å². The first-order valence-electron chi connectivity index (χ1n) is 9.35. The second-order valence-electron chi connectivity index (χ2n) is 7.92. The van der Waals surface area contributed by atoms with Crippen LogP contribution in [0.2, 0.25) is 0 Å². The summed E-state index contributed by atoms with van der Waals surface area (Å²) in [5, 5.41) is 4.68. The fourth-order valence-electron chi connectivity index (χ4n) is 4.42. The first kappa shape index (κ1) is 15.0. The van der Waals surface area contributed by atoms with Crippen molar-refractivity contribution in [1.29, 1.82) is 0 Å². The average Bonchev–Trinajstić information content (AvgIpc) is 3.19. The van der Waals surface area contributed by atoms with Gasteiger partial charge < -0.3 is 5.32 Å². The second-order valence-corrected chi connectivity index (χ2v) is 7.92. The standard InChI is InChI=1S/C21H28N2/c1-14(2)17-7-5-15(11-17)3-4-16-6-8-18-13-19-9-10-22-21(19)23-20(18)12-16/h6,8,12-15,17H,3-5,7,9-11H2,1-2H3,(H,22,23). The molecule has 2 heteroatoms. The summed E-state index contributed by atoms with van der Waals surface area (Å²) in [6.45, 7) is 5.80. The molecule has 2 heterocycles. The Bertz CT molecular complexity index is 704. The summed E-state index contributed by atoms with van der Waals surface area (Å²) in [4.78, 5) is 4.82. The number of rotatable bonds is 4. The molecule has 1 fully saturated rings. The first-order valence-corrected chi connectivity index (χ1v) is 9.35. The van der Waals surface area contributed by atoms with Gasteiger partial charge in [0.2, 0.25) is 0 Å². The molecule has 0 amide bonds. The maximum atomic E-state index is 4.82. The van der Waals surface area contributed by atoms with Crippen LogP contribution < -0.4 is 5.32 Å². The van der Waals surface area contributed by atoms with Crippen molar-refractivity contribution < 1.29 is 0 Å². The number of hydrogen-bond donors (Lipinski definition) is 1. The van der Waals surface area contributed by atoms with Crippen molar-refractivity contribution in [3.63, 3.8) is 0 Å². The molecule has 1 N–H and O–H groups in total. The van der Waals surface area contributed by atoms with Crippen molar-refractivity contribution in [2.75, 3.05) is 11.9 Å². The van der Waals surface area contributed by atoms with E-state index in [9.17, 15) is 0 Å². The molecule has 2 aliphatic rings. The van der Waals surface area contributed by atoms with E-state index in [0.29, 0.717) is 0 Å². The average molecular weight is 308 g/mol. The molecule has 122 valence electrons. The summed E-state index contributed by atoms with van der Waals surface area (Å²) < 4.78 is 0. The first-order chi connectivity index (χ1) is 11.2. The minimum absolute atomic E-state index is 0.861. The highest BCUT2D eigenvalue weighted by Gasteiger charge is 2.26. The van der Waals surface area contributed by atoms with Gasteiger partial charge in [0.05, 0.1) is 5.52 Å². The SMILES string of the molecule is CC(C)C1CCC(CCc2ccc3cc4c(nc3c2)NCC4)C1. The topological polar surface area (TPSA) is 24.9 Å². The summed E-state index contributed by atoms with van der Waals surface area (Å²) in [5.74, 6) is 3.87. The third-order valence-electron chi connectivity index (χ3n) is 6.01. The normalized spacial score (nSPS) is 23.4. The molecule has 0 radical (unpaired) electrons. The van der Waals surface area contributed by atoms with Gasteiger partial charge in [-0.15, -0.1) is 0 Å². The van der Waals surface area contributed by atoms with Gasteiger partial charge in [0, 0.05) is 11.9 Å². The number of nitrogens with zero attached hydrogens (tertiary/aromatic N) is 1. The number of hydrogen-bond acceptors (Lipinski definition) is 2. The highest BCUT2D eigenvalue weighted by molar-refractivity contribution is 5.83. The van der Waals surface area contributed by atoms with Gasteiger partial charge in [-0.05, 0) is 73.1 Å². The van der Waals surface area contributed by atoms with Crippen LogP contribution in [0, 0.1) is 17.8 Å². The van der Waals surface area contributed by atoms with Crippen molar-refractivity contribution >= 4 is 16.7 Å². The minimum Gasteiger partial charge on any atom is -0.369 e. The molecule has 2 atom stereocenters. The number of pyridine rings is 1. The van der Waals surface area contributed by atoms with Crippen LogP contribution in [0.15, 0.2) is 24.3 Å². The molecular weight excluding hydrogens is 280 g/mol. The number of benzene rings is 1. The molecule has 0 spiro atoms. The van der Waals surface area contributed by atoms with Crippen LogP contribution in [0.5, 0.6) is 0 Å². The lowest BCUT2D eigenvalue weighted by atomic mass is 9.91. The maximum absolute atomic E-state index is 4.82. The van der Waals surface area contributed by atoms with Crippen molar-refractivity contribution in [2.24, 2.45) is 17.8 Å². The largest absolute Gasteiger partial charge is 0.369 e. The van der Waals surface area contributed by atoms with Crippen molar-refractivity contribution in [3.05, 3.63) is 35.4 Å². The number of aromatic nitrogens is 1. The van der Waals surface area contributed by atoms with Crippen LogP contribution in [0.3, 0.4) is 0 Å². The van der Waals surface area contributed by atoms with E-state index in [0.717, 1.165) is 42.1 Å². The molecule has 1 aliphatic heterocycles. The molecule has 2 nitrogen and oxygen atoms in total. The van der Waals surface area contributed by atoms with Crippen molar-refractivity contribution in [1.82, 2.24) is 4.98 Å². The Labute approximate surface area is 139 Å². The highest BCUT2D eigenvalue weighted by atomic mass is 15.0. The van der Waals surface area contributed by atoms with Gasteiger partial charge in [0.15, 0.2) is 0 Å². The fourth-order valence-corrected chi connectivity index (χ4v) is 4.42. The van der Waals surface area contributed by atoms with Gasteiger partial charge in [-0.3, -0.25) is 0 Å². The third-order valence-corrected chi connectivity index (χ3v) is 6.01. The molecule has 0 saturated heterocycles. The van der Waals surface area contributed by atoms with Crippen LogP contribution in [0.25, 0.3) is 10.9 Å². The molecule has 1 aromatic heterocycles. The van der Waals surface area contributed by atoms with Crippen LogP contribution in [-0.2, 0) is 12.8 Å². The van der Waals surface area contributed by atoms with E-state index in [1.807, 2.05) is 0 Å². The van der Waals surface area contributed by atoms with E-state index in [1.165, 1.54) is 48.6 Å². The summed E-state index contributed by atoms with van der Waals surface area (Å²) in [6.07, 6.45) is 7.99. The minimum atomic E-state index is 0.861. The van der Waals surface area contributed by atoms with Gasteiger partial charge in [0.25, 0.3) is 0 Å². The summed E-state index contributed by atoms with van der Waals surface area (Å²) in [7, 11) is 0. The molecule has 23 heavy (non-hydrogen) atoms. The second kappa shape index (κ2) is 6.14. The fraction of sp³-hybridized carbons (Fsp3) is 0.571. The summed E-state index contributed by atoms with van der Waals surface area (Å²) in [5.41, 5.74) is 3.98. The lowest BCUT2D eigenvalue weighted by Gasteiger charge is -2.14. The van der Waals surface area contributed by atoms with E-state index in [-0.39, 0.29) is 0 Å². The molecule has 1 saturated carbocycles. The molecule has 2 unspecified atom stereocenters. The Morgan fingerprint density at radius 3 is 2.96 bits per heavy atom. The van der Waals surface area contributed by atoms with E-state index in [2.05, 4.69) is 43.4 Å². The van der Waals surface area contributed by atoms with E-state index < -0.39 is 0 Å². The molecule has 1 aliphatic carbocycles. The Hall–Kier alpha value is -1.57. The Kier molecular flexibility index (Phi) is 4.00. The zero-order chi connectivity index (χ0) is 15.8. The zero-order valence-electron chi connectivity index (χ0n) is 14.4. The monoisotopic (exact) mass is 308 g/mol. The summed E-state index contributed by atoms with van der Waals surface area (Å²) >= 11 is 0. The van der Waals surface area contributed by atoms with Gasteiger partial charge in [-0.25, -0.2) is 4.98 Å². The van der Waals surface area contributed by atoms with E-state index in [1.54, 1.807) is 0 Å². The predicted octanol–water partition coefficient (Wildman–Crippen LogP) is 5.21. The van der Waals surface area contributed by atoms with E-state index in [4.69, 9.17) is 4.98 Å². The molecule has 2 aromatic rings. The van der Waals surface area contributed by atoms with Crippen LogP contribution in [0.1, 0.15) is 50.7 Å². The van der Waals surface area contributed by atoms with Crippen LogP contribution in [0.4, 0.5) is 5.82 Å². The number of nitrogens with one attached hydrogen (secondary N) is 1.